The van der Waals surface area contributed by atoms with Gasteiger partial charge >= 0.3 is 0 Å². The summed E-state index contributed by atoms with van der Waals surface area (Å²) in [7, 11) is 0. The second-order valence-electron chi connectivity index (χ2n) is 9.22. The zero-order valence-corrected chi connectivity index (χ0v) is 19.3. The van der Waals surface area contributed by atoms with Crippen molar-refractivity contribution in [3.8, 4) is 0 Å². The quantitative estimate of drug-likeness (QED) is 0.418. The molecule has 1 spiro atoms. The predicted molar refractivity (Wildman–Crippen MR) is 133 cm³/mol. The van der Waals surface area contributed by atoms with Crippen molar-refractivity contribution in [2.24, 2.45) is 11.1 Å². The Hall–Kier alpha value is -3.49. The molecule has 4 heterocycles. The molecule has 2 aliphatic rings. The summed E-state index contributed by atoms with van der Waals surface area (Å²) in [5, 5.41) is 8.07. The third-order valence-corrected chi connectivity index (χ3v) is 7.78. The standard InChI is InChI=1S/C25H24ClN7O/c1-14(17-13-28-9-6-18(17)26)20-19-22(32-31-20)29-24(30-23(19)34)33-10-7-25(8-11-33)12-15-4-2-3-5-16(15)21(25)27/h2-6,9,13,21H,1,7-8,10-12,27H2,(H2,29,30,31,32,34)/t21-/m1/s1. The molecule has 1 aliphatic heterocycles. The Balaban J connectivity index is 1.27. The van der Waals surface area contributed by atoms with Gasteiger partial charge in [-0.2, -0.15) is 10.1 Å². The number of rotatable bonds is 3. The van der Waals surface area contributed by atoms with E-state index in [1.165, 1.54) is 11.1 Å². The number of hydrogen-bond donors (Lipinski definition) is 3. The molecule has 0 amide bonds. The molecule has 6 rings (SSSR count). The van der Waals surface area contributed by atoms with E-state index >= 15 is 0 Å². The van der Waals surface area contributed by atoms with Gasteiger partial charge in [0, 0.05) is 42.7 Å². The van der Waals surface area contributed by atoms with Gasteiger partial charge in [-0.15, -0.1) is 0 Å². The highest BCUT2D eigenvalue weighted by Gasteiger charge is 2.46. The average molecular weight is 474 g/mol. The van der Waals surface area contributed by atoms with Crippen LogP contribution in [0.5, 0.6) is 0 Å². The van der Waals surface area contributed by atoms with Gasteiger partial charge in [0.25, 0.3) is 5.56 Å². The van der Waals surface area contributed by atoms with Crippen molar-refractivity contribution in [3.63, 3.8) is 0 Å². The minimum absolute atomic E-state index is 0.0424. The number of nitrogens with two attached hydrogens (primary N) is 1. The van der Waals surface area contributed by atoms with E-state index in [-0.39, 0.29) is 17.0 Å². The zero-order chi connectivity index (χ0) is 23.4. The number of nitrogens with zero attached hydrogens (tertiary/aromatic N) is 4. The molecule has 1 fully saturated rings. The highest BCUT2D eigenvalue weighted by Crippen LogP contribution is 2.50. The number of aromatic nitrogens is 5. The minimum Gasteiger partial charge on any atom is -0.342 e. The molecule has 0 bridgehead atoms. The highest BCUT2D eigenvalue weighted by atomic mass is 35.5. The molecule has 0 unspecified atom stereocenters. The SMILES string of the molecule is C=C(c1cnccc1Cl)c1n[nH]c2nc(N3CCC4(CC3)Cc3ccccc3[C@H]4N)[nH]c(=O)c12. The monoisotopic (exact) mass is 473 g/mol. The first-order chi connectivity index (χ1) is 16.5. The summed E-state index contributed by atoms with van der Waals surface area (Å²) < 4.78 is 0. The fourth-order valence-corrected chi connectivity index (χ4v) is 5.71. The van der Waals surface area contributed by atoms with E-state index in [2.05, 4.69) is 60.9 Å². The molecule has 1 saturated heterocycles. The van der Waals surface area contributed by atoms with Crippen LogP contribution in [0.1, 0.15) is 41.3 Å². The summed E-state index contributed by atoms with van der Waals surface area (Å²) in [6.45, 7) is 5.63. The van der Waals surface area contributed by atoms with Crippen LogP contribution in [0, 0.1) is 5.41 Å². The van der Waals surface area contributed by atoms with E-state index in [0.717, 1.165) is 32.4 Å². The van der Waals surface area contributed by atoms with Gasteiger partial charge < -0.3 is 10.6 Å². The maximum atomic E-state index is 13.1. The van der Waals surface area contributed by atoms with Crippen LogP contribution < -0.4 is 16.2 Å². The Morgan fingerprint density at radius 2 is 2.03 bits per heavy atom. The molecule has 0 radical (unpaired) electrons. The van der Waals surface area contributed by atoms with Crippen molar-refractivity contribution in [2.75, 3.05) is 18.0 Å². The number of H-pyrrole nitrogens is 2. The third-order valence-electron chi connectivity index (χ3n) is 7.45. The molecule has 4 aromatic rings. The fourth-order valence-electron chi connectivity index (χ4n) is 5.49. The van der Waals surface area contributed by atoms with Crippen LogP contribution in [0.15, 0.2) is 54.1 Å². The van der Waals surface area contributed by atoms with Crippen molar-refractivity contribution in [3.05, 3.63) is 87.1 Å². The van der Waals surface area contributed by atoms with Crippen LogP contribution in [0.3, 0.4) is 0 Å². The van der Waals surface area contributed by atoms with Crippen molar-refractivity contribution >= 4 is 34.2 Å². The van der Waals surface area contributed by atoms with Crippen molar-refractivity contribution < 1.29 is 0 Å². The Kier molecular flexibility index (Phi) is 4.82. The number of nitrogens with one attached hydrogen (secondary N) is 2. The van der Waals surface area contributed by atoms with Crippen LogP contribution in [-0.2, 0) is 6.42 Å². The zero-order valence-electron chi connectivity index (χ0n) is 18.5. The largest absolute Gasteiger partial charge is 0.342 e. The first-order valence-corrected chi connectivity index (χ1v) is 11.7. The first kappa shape index (κ1) is 21.1. The number of pyridine rings is 1. The van der Waals surface area contributed by atoms with Crippen molar-refractivity contribution in [1.29, 1.82) is 0 Å². The second kappa shape index (κ2) is 7.78. The summed E-state index contributed by atoms with van der Waals surface area (Å²) in [4.78, 5) is 27.0. The minimum atomic E-state index is -0.268. The Morgan fingerprint density at radius 3 is 2.79 bits per heavy atom. The molecule has 8 nitrogen and oxygen atoms in total. The van der Waals surface area contributed by atoms with Crippen molar-refractivity contribution in [2.45, 2.75) is 25.3 Å². The van der Waals surface area contributed by atoms with Gasteiger partial charge in [0.2, 0.25) is 5.95 Å². The predicted octanol–water partition coefficient (Wildman–Crippen LogP) is 3.60. The summed E-state index contributed by atoms with van der Waals surface area (Å²) in [6, 6.07) is 10.2. The molecule has 3 aromatic heterocycles. The molecule has 4 N–H and O–H groups in total. The summed E-state index contributed by atoms with van der Waals surface area (Å²) >= 11 is 6.29. The van der Waals surface area contributed by atoms with Crippen LogP contribution in [0.4, 0.5) is 5.95 Å². The molecular formula is C25H24ClN7O. The van der Waals surface area contributed by atoms with E-state index in [1.54, 1.807) is 18.5 Å². The molecule has 1 atom stereocenters. The number of piperidine rings is 1. The Morgan fingerprint density at radius 1 is 1.24 bits per heavy atom. The topological polar surface area (TPSA) is 117 Å². The molecule has 34 heavy (non-hydrogen) atoms. The lowest BCUT2D eigenvalue weighted by Crippen LogP contribution is -2.45. The lowest BCUT2D eigenvalue weighted by molar-refractivity contribution is 0.187. The molecular weight excluding hydrogens is 450 g/mol. The first-order valence-electron chi connectivity index (χ1n) is 11.3. The molecule has 172 valence electrons. The van der Waals surface area contributed by atoms with E-state index in [9.17, 15) is 4.79 Å². The lowest BCUT2D eigenvalue weighted by atomic mass is 9.73. The van der Waals surface area contributed by atoms with Gasteiger partial charge in [0.05, 0.1) is 5.02 Å². The van der Waals surface area contributed by atoms with Crippen LogP contribution >= 0.6 is 11.6 Å². The van der Waals surface area contributed by atoms with Gasteiger partial charge in [0.15, 0.2) is 5.65 Å². The Bertz CT molecular complexity index is 1480. The van der Waals surface area contributed by atoms with E-state index in [4.69, 9.17) is 17.3 Å². The van der Waals surface area contributed by atoms with Gasteiger partial charge in [-0.05, 0) is 41.9 Å². The maximum absolute atomic E-state index is 13.1. The third kappa shape index (κ3) is 3.17. The van der Waals surface area contributed by atoms with Crippen LogP contribution in [0.25, 0.3) is 16.6 Å². The van der Waals surface area contributed by atoms with Gasteiger partial charge in [0.1, 0.15) is 11.1 Å². The molecule has 0 saturated carbocycles. The van der Waals surface area contributed by atoms with E-state index in [1.807, 2.05) is 0 Å². The average Bonchev–Trinajstić information content (AvgIpc) is 3.39. The number of anilines is 1. The van der Waals surface area contributed by atoms with E-state index < -0.39 is 0 Å². The molecule has 1 aliphatic carbocycles. The Labute approximate surface area is 200 Å². The molecule has 9 heteroatoms. The number of fused-ring (bicyclic) bond motifs is 2. The van der Waals surface area contributed by atoms with Gasteiger partial charge in [-0.25, -0.2) is 0 Å². The highest BCUT2D eigenvalue weighted by molar-refractivity contribution is 6.32. The smallest absolute Gasteiger partial charge is 0.264 e. The van der Waals surface area contributed by atoms with Gasteiger partial charge in [-0.1, -0.05) is 42.4 Å². The number of aromatic amines is 2. The van der Waals surface area contributed by atoms with Crippen LogP contribution in [-0.4, -0.2) is 38.2 Å². The lowest BCUT2D eigenvalue weighted by Gasteiger charge is -2.42. The molecule has 1 aromatic carbocycles. The maximum Gasteiger partial charge on any atom is 0.264 e. The number of halogens is 1. The summed E-state index contributed by atoms with van der Waals surface area (Å²) in [6.07, 6.45) is 6.09. The second-order valence-corrected chi connectivity index (χ2v) is 9.63. The number of benzene rings is 1. The fraction of sp³-hybridized carbons (Fsp3) is 0.280. The number of hydrogen-bond acceptors (Lipinski definition) is 6. The van der Waals surface area contributed by atoms with E-state index in [0.29, 0.717) is 38.8 Å². The van der Waals surface area contributed by atoms with Gasteiger partial charge in [-0.3, -0.25) is 19.9 Å². The normalized spacial score (nSPS) is 19.0. The summed E-state index contributed by atoms with van der Waals surface area (Å²) in [5.41, 5.74) is 11.1. The van der Waals surface area contributed by atoms with Crippen LogP contribution in [0.2, 0.25) is 5.02 Å². The van der Waals surface area contributed by atoms with Crippen molar-refractivity contribution in [1.82, 2.24) is 25.1 Å². The summed E-state index contributed by atoms with van der Waals surface area (Å²) in [5.74, 6) is 0.539.